The summed E-state index contributed by atoms with van der Waals surface area (Å²) in [4.78, 5) is 10.0. The van der Waals surface area contributed by atoms with Crippen molar-refractivity contribution in [3.05, 3.63) is 29.8 Å². The lowest BCUT2D eigenvalue weighted by Gasteiger charge is -2.29. The van der Waals surface area contributed by atoms with E-state index < -0.39 is 0 Å². The second-order valence-corrected chi connectivity index (χ2v) is 7.75. The Bertz CT molecular complexity index is 631. The summed E-state index contributed by atoms with van der Waals surface area (Å²) in [5.74, 6) is 2.58. The summed E-state index contributed by atoms with van der Waals surface area (Å²) in [7, 11) is 3.54. The van der Waals surface area contributed by atoms with E-state index in [2.05, 4.69) is 40.2 Å². The van der Waals surface area contributed by atoms with Crippen molar-refractivity contribution in [3.63, 3.8) is 0 Å². The minimum atomic E-state index is 0.254. The van der Waals surface area contributed by atoms with Gasteiger partial charge in [-0.2, -0.15) is 0 Å². The Labute approximate surface area is 169 Å². The van der Waals surface area contributed by atoms with Crippen LogP contribution in [0.4, 0.5) is 0 Å². The van der Waals surface area contributed by atoms with Gasteiger partial charge < -0.3 is 19.7 Å². The molecule has 2 unspecified atom stereocenters. The largest absolute Gasteiger partial charge is 0.496 e. The Kier molecular flexibility index (Phi) is 7.98. The third-order valence-electron chi connectivity index (χ3n) is 5.82. The number of para-hydroxylation sites is 1. The van der Waals surface area contributed by atoms with Crippen LogP contribution in [0.5, 0.6) is 5.75 Å². The lowest BCUT2D eigenvalue weighted by Crippen LogP contribution is -2.41. The second kappa shape index (κ2) is 10.7. The maximum Gasteiger partial charge on any atom is 0.193 e. The topological polar surface area (TPSA) is 49.3 Å². The van der Waals surface area contributed by atoms with Gasteiger partial charge in [-0.15, -0.1) is 0 Å². The molecule has 2 aliphatic heterocycles. The molecule has 1 N–H and O–H groups in total. The molecule has 0 amide bonds. The third kappa shape index (κ3) is 5.17. The van der Waals surface area contributed by atoms with Gasteiger partial charge in [0.15, 0.2) is 5.96 Å². The molecule has 0 bridgehead atoms. The van der Waals surface area contributed by atoms with Crippen LogP contribution in [0.2, 0.25) is 0 Å². The molecule has 2 atom stereocenters. The molecule has 156 valence electrons. The maximum atomic E-state index is 5.67. The lowest BCUT2D eigenvalue weighted by molar-refractivity contribution is 0.157. The molecule has 1 aromatic rings. The fourth-order valence-electron chi connectivity index (χ4n) is 4.40. The van der Waals surface area contributed by atoms with Crippen LogP contribution in [0.1, 0.15) is 37.8 Å². The quantitative estimate of drug-likeness (QED) is 0.548. The lowest BCUT2D eigenvalue weighted by atomic mass is 10.0. The molecule has 0 aliphatic carbocycles. The van der Waals surface area contributed by atoms with Crippen LogP contribution in [0.3, 0.4) is 0 Å². The fraction of sp³-hybridized carbons (Fsp3) is 0.682. The van der Waals surface area contributed by atoms with Crippen molar-refractivity contribution in [1.29, 1.82) is 0 Å². The molecule has 0 spiro atoms. The number of rotatable bonds is 8. The predicted octanol–water partition coefficient (Wildman–Crippen LogP) is 2.77. The van der Waals surface area contributed by atoms with Crippen LogP contribution in [-0.4, -0.2) is 75.9 Å². The van der Waals surface area contributed by atoms with Gasteiger partial charge in [-0.05, 0) is 45.3 Å². The summed E-state index contributed by atoms with van der Waals surface area (Å²) in [5, 5.41) is 3.50. The van der Waals surface area contributed by atoms with Gasteiger partial charge in [-0.3, -0.25) is 9.89 Å². The summed E-state index contributed by atoms with van der Waals surface area (Å²) in [5.41, 5.74) is 1.24. The predicted molar refractivity (Wildman–Crippen MR) is 114 cm³/mol. The van der Waals surface area contributed by atoms with E-state index in [1.54, 1.807) is 14.2 Å². The van der Waals surface area contributed by atoms with Crippen LogP contribution in [-0.2, 0) is 4.74 Å². The first-order chi connectivity index (χ1) is 13.8. The number of hydrogen-bond acceptors (Lipinski definition) is 4. The Morgan fingerprint density at radius 1 is 1.21 bits per heavy atom. The summed E-state index contributed by atoms with van der Waals surface area (Å²) in [6.45, 7) is 8.92. The molecular formula is C22H36N4O2. The van der Waals surface area contributed by atoms with Crippen LogP contribution in [0, 0.1) is 5.92 Å². The van der Waals surface area contributed by atoms with E-state index in [4.69, 9.17) is 14.5 Å². The van der Waals surface area contributed by atoms with Crippen molar-refractivity contribution in [3.8, 4) is 5.75 Å². The molecule has 2 fully saturated rings. The van der Waals surface area contributed by atoms with Gasteiger partial charge in [-0.1, -0.05) is 18.2 Å². The molecule has 0 aromatic heterocycles. The molecule has 6 nitrogen and oxygen atoms in total. The van der Waals surface area contributed by atoms with E-state index in [0.717, 1.165) is 57.6 Å². The average molecular weight is 389 g/mol. The number of hydrogen-bond donors (Lipinski definition) is 1. The second-order valence-electron chi connectivity index (χ2n) is 7.75. The van der Waals surface area contributed by atoms with Gasteiger partial charge >= 0.3 is 0 Å². The highest BCUT2D eigenvalue weighted by Crippen LogP contribution is 2.32. The Morgan fingerprint density at radius 3 is 2.71 bits per heavy atom. The molecule has 28 heavy (non-hydrogen) atoms. The van der Waals surface area contributed by atoms with Gasteiger partial charge in [0.2, 0.25) is 0 Å². The average Bonchev–Trinajstić information content (AvgIpc) is 3.40. The van der Waals surface area contributed by atoms with E-state index in [-0.39, 0.29) is 6.04 Å². The molecule has 1 aromatic carbocycles. The first kappa shape index (κ1) is 20.9. The van der Waals surface area contributed by atoms with Gasteiger partial charge in [0.25, 0.3) is 0 Å². The van der Waals surface area contributed by atoms with E-state index in [9.17, 15) is 0 Å². The molecule has 2 aliphatic rings. The number of guanidine groups is 1. The van der Waals surface area contributed by atoms with Crippen LogP contribution < -0.4 is 10.1 Å². The highest BCUT2D eigenvalue weighted by atomic mass is 16.5. The molecular weight excluding hydrogens is 352 g/mol. The maximum absolute atomic E-state index is 5.67. The van der Waals surface area contributed by atoms with Crippen LogP contribution in [0.15, 0.2) is 29.3 Å². The van der Waals surface area contributed by atoms with Gasteiger partial charge in [0.1, 0.15) is 5.75 Å². The van der Waals surface area contributed by atoms with Gasteiger partial charge in [0.05, 0.1) is 26.3 Å². The normalized spacial score (nSPS) is 21.9. The summed E-state index contributed by atoms with van der Waals surface area (Å²) < 4.78 is 11.0. The molecule has 0 saturated carbocycles. The summed E-state index contributed by atoms with van der Waals surface area (Å²) in [6, 6.07) is 8.64. The molecule has 0 radical (unpaired) electrons. The highest BCUT2D eigenvalue weighted by Gasteiger charge is 2.28. The fourth-order valence-corrected chi connectivity index (χ4v) is 4.40. The molecule has 6 heteroatoms. The van der Waals surface area contributed by atoms with Gasteiger partial charge in [-0.25, -0.2) is 0 Å². The number of benzene rings is 1. The van der Waals surface area contributed by atoms with E-state index >= 15 is 0 Å². The smallest absolute Gasteiger partial charge is 0.193 e. The first-order valence-electron chi connectivity index (χ1n) is 10.7. The number of nitrogens with zero attached hydrogens (tertiary/aromatic N) is 3. The zero-order valence-corrected chi connectivity index (χ0v) is 17.7. The first-order valence-corrected chi connectivity index (χ1v) is 10.7. The third-order valence-corrected chi connectivity index (χ3v) is 5.82. The Morgan fingerprint density at radius 2 is 2.00 bits per heavy atom. The minimum Gasteiger partial charge on any atom is -0.496 e. The molecule has 2 saturated heterocycles. The van der Waals surface area contributed by atoms with E-state index in [1.807, 2.05) is 6.07 Å². The van der Waals surface area contributed by atoms with Crippen molar-refractivity contribution in [2.75, 3.05) is 60.1 Å². The van der Waals surface area contributed by atoms with Crippen molar-refractivity contribution >= 4 is 5.96 Å². The van der Waals surface area contributed by atoms with E-state index in [1.165, 1.54) is 24.8 Å². The Balaban J connectivity index is 1.78. The van der Waals surface area contributed by atoms with Crippen molar-refractivity contribution < 1.29 is 9.47 Å². The SMILES string of the molecule is CCNC(=NCC(c1ccccc1OC)N1CCCC1)N1CCC(COC)C1. The standard InChI is InChI=1S/C22H36N4O2/c1-4-23-22(26-14-11-18(16-26)17-27-2)24-15-20(25-12-7-8-13-25)19-9-5-6-10-21(19)28-3/h5-6,9-10,18,20H,4,7-8,11-17H2,1-3H3,(H,23,24). The van der Waals surface area contributed by atoms with Gasteiger partial charge in [0, 0.05) is 38.2 Å². The van der Waals surface area contributed by atoms with Crippen molar-refractivity contribution in [2.45, 2.75) is 32.2 Å². The number of aliphatic imine (C=N–C) groups is 1. The Hall–Kier alpha value is -1.79. The van der Waals surface area contributed by atoms with Crippen LogP contribution >= 0.6 is 0 Å². The summed E-state index contributed by atoms with van der Waals surface area (Å²) in [6.07, 6.45) is 3.70. The highest BCUT2D eigenvalue weighted by molar-refractivity contribution is 5.80. The minimum absolute atomic E-state index is 0.254. The zero-order valence-electron chi connectivity index (χ0n) is 17.7. The van der Waals surface area contributed by atoms with Crippen molar-refractivity contribution in [2.24, 2.45) is 10.9 Å². The zero-order chi connectivity index (χ0) is 19.8. The number of ether oxygens (including phenoxy) is 2. The summed E-state index contributed by atoms with van der Waals surface area (Å²) >= 11 is 0. The number of nitrogens with one attached hydrogen (secondary N) is 1. The molecule has 2 heterocycles. The number of likely N-dealkylation sites (tertiary alicyclic amines) is 2. The monoisotopic (exact) mass is 388 g/mol. The van der Waals surface area contributed by atoms with Crippen molar-refractivity contribution in [1.82, 2.24) is 15.1 Å². The van der Waals surface area contributed by atoms with Crippen LogP contribution in [0.25, 0.3) is 0 Å². The number of methoxy groups -OCH3 is 2. The van der Waals surface area contributed by atoms with E-state index in [0.29, 0.717) is 5.92 Å². The molecule has 3 rings (SSSR count).